The zero-order valence-corrected chi connectivity index (χ0v) is 16.0. The Hall–Kier alpha value is -0.810. The van der Waals surface area contributed by atoms with Crippen LogP contribution in [0.25, 0.3) is 0 Å². The Morgan fingerprint density at radius 3 is 2.70 bits per heavy atom. The Kier molecular flexibility index (Phi) is 8.34. The highest BCUT2D eigenvalue weighted by molar-refractivity contribution is 5.68. The highest BCUT2D eigenvalue weighted by Crippen LogP contribution is 2.23. The molecule has 136 valence electrons. The van der Waals surface area contributed by atoms with Gasteiger partial charge in [-0.05, 0) is 67.0 Å². The number of amides is 1. The molecule has 0 radical (unpaired) electrons. The van der Waals surface area contributed by atoms with Crippen LogP contribution in [-0.4, -0.2) is 66.8 Å². The zero-order chi connectivity index (χ0) is 17.5. The second kappa shape index (κ2) is 9.48. The second-order valence-corrected chi connectivity index (χ2v) is 7.81. The summed E-state index contributed by atoms with van der Waals surface area (Å²) in [6, 6.07) is 0.707. The molecule has 0 aromatic carbocycles. The highest BCUT2D eigenvalue weighted by Gasteiger charge is 2.31. The molecule has 1 aliphatic heterocycles. The van der Waals surface area contributed by atoms with Gasteiger partial charge in [-0.1, -0.05) is 6.92 Å². The molecular formula is C18H37N3O2. The number of carbonyl (C=O) groups is 1. The van der Waals surface area contributed by atoms with E-state index in [1.807, 2.05) is 25.7 Å². The maximum Gasteiger partial charge on any atom is 0.410 e. The molecule has 0 aliphatic carbocycles. The van der Waals surface area contributed by atoms with Crippen molar-refractivity contribution < 1.29 is 9.53 Å². The van der Waals surface area contributed by atoms with Gasteiger partial charge in [0.2, 0.25) is 0 Å². The summed E-state index contributed by atoms with van der Waals surface area (Å²) in [5, 5.41) is 3.58. The summed E-state index contributed by atoms with van der Waals surface area (Å²) in [6.45, 7) is 14.1. The predicted molar refractivity (Wildman–Crippen MR) is 95.8 cm³/mol. The van der Waals surface area contributed by atoms with E-state index in [-0.39, 0.29) is 6.09 Å². The van der Waals surface area contributed by atoms with Crippen LogP contribution in [0.15, 0.2) is 0 Å². The van der Waals surface area contributed by atoms with Crippen molar-refractivity contribution in [3.63, 3.8) is 0 Å². The first kappa shape index (κ1) is 20.2. The molecule has 1 fully saturated rings. The van der Waals surface area contributed by atoms with Crippen molar-refractivity contribution in [2.24, 2.45) is 0 Å². The van der Waals surface area contributed by atoms with Gasteiger partial charge in [-0.25, -0.2) is 4.79 Å². The molecule has 0 bridgehead atoms. The number of rotatable bonds is 7. The number of piperidine rings is 1. The molecule has 1 N–H and O–H groups in total. The minimum absolute atomic E-state index is 0.153. The average Bonchev–Trinajstić information content (AvgIpc) is 2.45. The van der Waals surface area contributed by atoms with Crippen LogP contribution in [0.3, 0.4) is 0 Å². The summed E-state index contributed by atoms with van der Waals surface area (Å²) in [5.41, 5.74) is -0.423. The number of nitrogens with one attached hydrogen (secondary N) is 1. The van der Waals surface area contributed by atoms with Gasteiger partial charge in [0.1, 0.15) is 5.60 Å². The predicted octanol–water partition coefficient (Wildman–Crippen LogP) is 3.10. The van der Waals surface area contributed by atoms with Gasteiger partial charge in [0.05, 0.1) is 0 Å². The van der Waals surface area contributed by atoms with Crippen LogP contribution >= 0.6 is 0 Å². The fourth-order valence-electron chi connectivity index (χ4n) is 2.96. The van der Waals surface area contributed by atoms with E-state index in [4.69, 9.17) is 4.74 Å². The van der Waals surface area contributed by atoms with Gasteiger partial charge in [0.15, 0.2) is 0 Å². The summed E-state index contributed by atoms with van der Waals surface area (Å²) in [4.78, 5) is 16.7. The number of ether oxygens (including phenoxy) is 1. The van der Waals surface area contributed by atoms with E-state index < -0.39 is 5.60 Å². The number of hydrogen-bond donors (Lipinski definition) is 1. The number of likely N-dealkylation sites (tertiary alicyclic amines) is 1. The lowest BCUT2D eigenvalue weighted by Crippen LogP contribution is -2.48. The summed E-state index contributed by atoms with van der Waals surface area (Å²) in [6.07, 6.45) is 4.21. The minimum Gasteiger partial charge on any atom is -0.444 e. The van der Waals surface area contributed by atoms with Gasteiger partial charge in [-0.15, -0.1) is 0 Å². The lowest BCUT2D eigenvalue weighted by molar-refractivity contribution is 0.00790. The van der Waals surface area contributed by atoms with E-state index in [1.165, 1.54) is 6.42 Å². The molecule has 0 aromatic heterocycles. The van der Waals surface area contributed by atoms with E-state index >= 15 is 0 Å². The minimum atomic E-state index is -0.423. The van der Waals surface area contributed by atoms with Crippen LogP contribution in [0.1, 0.15) is 60.3 Å². The van der Waals surface area contributed by atoms with Gasteiger partial charge < -0.3 is 19.9 Å². The third-order valence-corrected chi connectivity index (χ3v) is 4.41. The second-order valence-electron chi connectivity index (χ2n) is 7.81. The van der Waals surface area contributed by atoms with Crippen LogP contribution in [0.4, 0.5) is 4.79 Å². The van der Waals surface area contributed by atoms with Crippen molar-refractivity contribution in [2.75, 3.05) is 33.2 Å². The lowest BCUT2D eigenvalue weighted by Gasteiger charge is -2.38. The van der Waals surface area contributed by atoms with Crippen LogP contribution in [-0.2, 0) is 4.74 Å². The topological polar surface area (TPSA) is 44.8 Å². The average molecular weight is 328 g/mol. The quantitative estimate of drug-likeness (QED) is 0.780. The van der Waals surface area contributed by atoms with Crippen molar-refractivity contribution in [3.05, 3.63) is 0 Å². The van der Waals surface area contributed by atoms with Crippen molar-refractivity contribution in [1.29, 1.82) is 0 Å². The SMILES string of the molecule is CCN(C)CCNC(C)CC1CCCCN1C(=O)OC(C)(C)C. The molecule has 1 amide bonds. The fourth-order valence-corrected chi connectivity index (χ4v) is 2.96. The van der Waals surface area contributed by atoms with Crippen LogP contribution < -0.4 is 5.32 Å². The van der Waals surface area contributed by atoms with E-state index in [9.17, 15) is 4.79 Å². The normalized spacial score (nSPS) is 20.7. The molecular weight excluding hydrogens is 290 g/mol. The van der Waals surface area contributed by atoms with E-state index in [0.717, 1.165) is 45.4 Å². The molecule has 23 heavy (non-hydrogen) atoms. The Labute approximate surface area is 142 Å². The molecule has 0 spiro atoms. The summed E-state index contributed by atoms with van der Waals surface area (Å²) in [5.74, 6) is 0. The van der Waals surface area contributed by atoms with Gasteiger partial charge in [-0.2, -0.15) is 0 Å². The molecule has 5 heteroatoms. The molecule has 0 aromatic rings. The van der Waals surface area contributed by atoms with E-state index in [1.54, 1.807) is 0 Å². The molecule has 1 rings (SSSR count). The third-order valence-electron chi connectivity index (χ3n) is 4.41. The van der Waals surface area contributed by atoms with E-state index in [2.05, 4.69) is 31.1 Å². The molecule has 1 heterocycles. The standard InChI is InChI=1S/C18H37N3O2/c1-7-20(6)13-11-19-15(2)14-16-10-8-9-12-21(16)17(22)23-18(3,4)5/h15-16,19H,7-14H2,1-6H3. The first-order chi connectivity index (χ1) is 10.7. The van der Waals surface area contributed by atoms with Crippen LogP contribution in [0.2, 0.25) is 0 Å². The van der Waals surface area contributed by atoms with Crippen molar-refractivity contribution in [1.82, 2.24) is 15.1 Å². The monoisotopic (exact) mass is 327 g/mol. The highest BCUT2D eigenvalue weighted by atomic mass is 16.6. The Morgan fingerprint density at radius 2 is 2.09 bits per heavy atom. The van der Waals surface area contributed by atoms with Gasteiger partial charge in [-0.3, -0.25) is 0 Å². The lowest BCUT2D eigenvalue weighted by atomic mass is 9.96. The van der Waals surface area contributed by atoms with Crippen molar-refractivity contribution in [3.8, 4) is 0 Å². The molecule has 1 saturated heterocycles. The number of nitrogens with zero attached hydrogens (tertiary/aromatic N) is 2. The Balaban J connectivity index is 2.46. The Bertz CT molecular complexity index is 355. The molecule has 2 atom stereocenters. The fraction of sp³-hybridized carbons (Fsp3) is 0.944. The molecule has 1 aliphatic rings. The summed E-state index contributed by atoms with van der Waals surface area (Å²) in [7, 11) is 2.14. The van der Waals surface area contributed by atoms with Crippen molar-refractivity contribution >= 4 is 6.09 Å². The first-order valence-electron chi connectivity index (χ1n) is 9.14. The third kappa shape index (κ3) is 8.02. The van der Waals surface area contributed by atoms with E-state index in [0.29, 0.717) is 12.1 Å². The van der Waals surface area contributed by atoms with Crippen LogP contribution in [0, 0.1) is 0 Å². The summed E-state index contributed by atoms with van der Waals surface area (Å²) < 4.78 is 5.58. The number of hydrogen-bond acceptors (Lipinski definition) is 4. The molecule has 0 saturated carbocycles. The Morgan fingerprint density at radius 1 is 1.39 bits per heavy atom. The maximum atomic E-state index is 12.4. The molecule has 2 unspecified atom stereocenters. The molecule has 5 nitrogen and oxygen atoms in total. The zero-order valence-electron chi connectivity index (χ0n) is 16.0. The number of likely N-dealkylation sites (N-methyl/N-ethyl adjacent to an activating group) is 1. The smallest absolute Gasteiger partial charge is 0.410 e. The van der Waals surface area contributed by atoms with Crippen molar-refractivity contribution in [2.45, 2.75) is 78.0 Å². The first-order valence-corrected chi connectivity index (χ1v) is 9.14. The number of carbonyl (C=O) groups excluding carboxylic acids is 1. The van der Waals surface area contributed by atoms with Gasteiger partial charge in [0.25, 0.3) is 0 Å². The van der Waals surface area contributed by atoms with Gasteiger partial charge >= 0.3 is 6.09 Å². The maximum absolute atomic E-state index is 12.4. The largest absolute Gasteiger partial charge is 0.444 e. The van der Waals surface area contributed by atoms with Gasteiger partial charge in [0, 0.05) is 31.7 Å². The summed E-state index contributed by atoms with van der Waals surface area (Å²) >= 11 is 0. The van der Waals surface area contributed by atoms with Crippen LogP contribution in [0.5, 0.6) is 0 Å².